The number of anilines is 1. The van der Waals surface area contributed by atoms with Gasteiger partial charge in [-0.25, -0.2) is 9.74 Å². The van der Waals surface area contributed by atoms with Crippen molar-refractivity contribution in [2.45, 2.75) is 82.4 Å². The van der Waals surface area contributed by atoms with Gasteiger partial charge in [0.25, 0.3) is 0 Å². The van der Waals surface area contributed by atoms with Crippen LogP contribution >= 0.6 is 0 Å². The van der Waals surface area contributed by atoms with Crippen molar-refractivity contribution in [1.29, 1.82) is 0 Å². The minimum Gasteiger partial charge on any atom is -0.417 e. The fourth-order valence-corrected chi connectivity index (χ4v) is 7.52. The van der Waals surface area contributed by atoms with Crippen molar-refractivity contribution in [1.82, 2.24) is 0 Å². The van der Waals surface area contributed by atoms with E-state index in [-0.39, 0.29) is 16.9 Å². The van der Waals surface area contributed by atoms with E-state index in [0.29, 0.717) is 48.0 Å². The lowest BCUT2D eigenvalue weighted by Crippen LogP contribution is -2.51. The largest absolute Gasteiger partial charge is 0.417 e. The summed E-state index contributed by atoms with van der Waals surface area (Å²) >= 11 is 0. The van der Waals surface area contributed by atoms with Gasteiger partial charge in [0.2, 0.25) is 11.8 Å². The molecule has 3 heterocycles. The molecule has 2 unspecified atom stereocenters. The van der Waals surface area contributed by atoms with Gasteiger partial charge in [-0.2, -0.15) is 0 Å². The van der Waals surface area contributed by atoms with E-state index in [1.807, 2.05) is 31.2 Å². The maximum atomic E-state index is 14.1. The van der Waals surface area contributed by atoms with E-state index in [4.69, 9.17) is 15.7 Å². The van der Waals surface area contributed by atoms with Crippen LogP contribution in [0.5, 0.6) is 0 Å². The fraction of sp³-hybridized carbons (Fsp3) is 0.552. The number of fused-ring (bicyclic) bond motifs is 6. The molecule has 3 fully saturated rings. The third-order valence-corrected chi connectivity index (χ3v) is 14.0. The van der Waals surface area contributed by atoms with Crippen LogP contribution < -0.4 is 4.90 Å². The number of hydrogen-bond acceptors (Lipinski definition) is 5. The van der Waals surface area contributed by atoms with Crippen molar-refractivity contribution < 1.29 is 23.9 Å². The molecule has 2 aromatic carbocycles. The highest BCUT2D eigenvalue weighted by Crippen LogP contribution is 2.64. The predicted octanol–water partition coefficient (Wildman–Crippen LogP) is 5.59. The smallest absolute Gasteiger partial charge is 0.240 e. The van der Waals surface area contributed by atoms with Gasteiger partial charge >= 0.3 is 0 Å². The summed E-state index contributed by atoms with van der Waals surface area (Å²) in [4.78, 5) is 33.1. The second kappa shape index (κ2) is 8.47. The first-order chi connectivity index (χ1) is 17.3. The topological polar surface area (TPSA) is 80.4 Å². The van der Waals surface area contributed by atoms with Gasteiger partial charge in [-0.1, -0.05) is 58.0 Å². The first-order valence-electron chi connectivity index (χ1n) is 13.1. The molecule has 3 aliphatic rings. The molecule has 5 atom stereocenters. The highest BCUT2D eigenvalue weighted by molar-refractivity contribution is 6.74. The zero-order valence-electron chi connectivity index (χ0n) is 22.5. The second-order valence-corrected chi connectivity index (χ2v) is 17.1. The number of hydrogen-bond donors (Lipinski definition) is 1. The van der Waals surface area contributed by atoms with Crippen LogP contribution in [0.1, 0.15) is 47.0 Å². The molecule has 7 nitrogen and oxygen atoms in total. The number of carbonyl (C=O) groups excluding carboxylic acids is 2. The van der Waals surface area contributed by atoms with Crippen molar-refractivity contribution in [3.63, 3.8) is 0 Å². The zero-order chi connectivity index (χ0) is 27.0. The lowest BCUT2D eigenvalue weighted by atomic mass is 9.64. The summed E-state index contributed by atoms with van der Waals surface area (Å²) in [6, 6.07) is 10.7. The SMILES string of the molecule is [C-]#[N+]c1ccc(N2C(=O)[C@@H]3[C@H](C2=O)C2(CCO[Si](C)(C)C(C)(C)C)C[C@H](O)C3(CC)O2)c2ccccc12. The lowest BCUT2D eigenvalue weighted by molar-refractivity contribution is -0.137. The maximum absolute atomic E-state index is 14.1. The van der Waals surface area contributed by atoms with Crippen LogP contribution in [0, 0.1) is 18.4 Å². The summed E-state index contributed by atoms with van der Waals surface area (Å²) in [6.07, 6.45) is 0.367. The minimum atomic E-state index is -2.03. The Hall–Kier alpha value is -2.57. The molecule has 3 aliphatic heterocycles. The maximum Gasteiger partial charge on any atom is 0.240 e. The van der Waals surface area contributed by atoms with Crippen LogP contribution in [0.15, 0.2) is 36.4 Å². The highest BCUT2D eigenvalue weighted by Gasteiger charge is 2.77. The molecule has 3 saturated heterocycles. The molecule has 196 valence electrons. The van der Waals surface area contributed by atoms with Gasteiger partial charge in [-0.3, -0.25) is 9.59 Å². The molecule has 2 bridgehead atoms. The third-order valence-electron chi connectivity index (χ3n) is 9.48. The van der Waals surface area contributed by atoms with Crippen molar-refractivity contribution in [3.05, 3.63) is 47.8 Å². The molecule has 0 radical (unpaired) electrons. The molecule has 1 N–H and O–H groups in total. The Kier molecular flexibility index (Phi) is 5.96. The highest BCUT2D eigenvalue weighted by atomic mass is 28.4. The number of imide groups is 1. The van der Waals surface area contributed by atoms with Crippen LogP contribution in [-0.4, -0.2) is 49.2 Å². The van der Waals surface area contributed by atoms with Crippen molar-refractivity contribution in [2.75, 3.05) is 11.5 Å². The Morgan fingerprint density at radius 1 is 1.14 bits per heavy atom. The summed E-state index contributed by atoms with van der Waals surface area (Å²) in [6.45, 7) is 20.8. The van der Waals surface area contributed by atoms with E-state index in [9.17, 15) is 14.7 Å². The number of carbonyl (C=O) groups is 2. The van der Waals surface area contributed by atoms with Gasteiger partial charge in [0.15, 0.2) is 14.0 Å². The van der Waals surface area contributed by atoms with Crippen LogP contribution in [0.2, 0.25) is 18.1 Å². The van der Waals surface area contributed by atoms with Crippen LogP contribution in [0.4, 0.5) is 11.4 Å². The quantitative estimate of drug-likeness (QED) is 0.305. The second-order valence-electron chi connectivity index (χ2n) is 12.3. The van der Waals surface area contributed by atoms with Gasteiger partial charge in [0.05, 0.1) is 35.8 Å². The molecule has 2 aromatic rings. The van der Waals surface area contributed by atoms with Crippen molar-refractivity contribution in [3.8, 4) is 0 Å². The number of ether oxygens (including phenoxy) is 1. The van der Waals surface area contributed by atoms with Gasteiger partial charge in [-0.05, 0) is 47.8 Å². The van der Waals surface area contributed by atoms with Gasteiger partial charge < -0.3 is 14.3 Å². The lowest BCUT2D eigenvalue weighted by Gasteiger charge is -2.38. The molecule has 0 aliphatic carbocycles. The number of aliphatic hydroxyl groups excluding tert-OH is 1. The van der Waals surface area contributed by atoms with Crippen molar-refractivity contribution in [2.24, 2.45) is 11.8 Å². The van der Waals surface area contributed by atoms with Gasteiger partial charge in [-0.15, -0.1) is 0 Å². The number of amides is 2. The van der Waals surface area contributed by atoms with Gasteiger partial charge in [0, 0.05) is 13.0 Å². The Bertz CT molecular complexity index is 1330. The number of benzene rings is 2. The molecule has 5 rings (SSSR count). The predicted molar refractivity (Wildman–Crippen MR) is 145 cm³/mol. The molecular formula is C29H36N2O5Si. The summed E-state index contributed by atoms with van der Waals surface area (Å²) in [7, 11) is -2.03. The Morgan fingerprint density at radius 2 is 1.78 bits per heavy atom. The molecule has 0 saturated carbocycles. The first-order valence-corrected chi connectivity index (χ1v) is 16.0. The summed E-state index contributed by atoms with van der Waals surface area (Å²) in [5, 5.41) is 12.6. The van der Waals surface area contributed by atoms with E-state index in [2.05, 4.69) is 38.7 Å². The molecule has 2 amide bonds. The van der Waals surface area contributed by atoms with Crippen molar-refractivity contribution >= 4 is 42.3 Å². The van der Waals surface area contributed by atoms with Crippen LogP contribution in [0.3, 0.4) is 0 Å². The first kappa shape index (κ1) is 26.1. The van der Waals surface area contributed by atoms with Gasteiger partial charge in [0.1, 0.15) is 5.60 Å². The molecule has 0 aromatic heterocycles. The summed E-state index contributed by atoms with van der Waals surface area (Å²) < 4.78 is 13.1. The molecule has 37 heavy (non-hydrogen) atoms. The van der Waals surface area contributed by atoms with Crippen LogP contribution in [0.25, 0.3) is 15.6 Å². The fourth-order valence-electron chi connectivity index (χ4n) is 6.47. The monoisotopic (exact) mass is 520 g/mol. The Morgan fingerprint density at radius 3 is 2.41 bits per heavy atom. The van der Waals surface area contributed by atoms with E-state index < -0.39 is 37.5 Å². The standard InChI is InChI=1S/C29H36N2O5Si/c1-8-29-22(32)17-28(36-29,15-16-35-37(6,7)27(2,3)4)23-24(29)26(34)31(25(23)33)21-14-13-20(30-5)18-11-9-10-12-19(18)21/h9-14,22-24,32H,8,15-17H2,1-4,6-7H3/t22-,23+,24-,28?,29?/m0/s1. The molecule has 0 spiro atoms. The number of rotatable bonds is 6. The normalized spacial score (nSPS) is 31.3. The summed E-state index contributed by atoms with van der Waals surface area (Å²) in [5.41, 5.74) is -1.08. The number of nitrogens with zero attached hydrogens (tertiary/aromatic N) is 2. The average molecular weight is 521 g/mol. The van der Waals surface area contributed by atoms with Crippen LogP contribution in [-0.2, 0) is 18.8 Å². The summed E-state index contributed by atoms with van der Waals surface area (Å²) in [5.74, 6) is -2.04. The minimum absolute atomic E-state index is 0.0423. The van der Waals surface area contributed by atoms with E-state index in [1.165, 1.54) is 4.90 Å². The Balaban J connectivity index is 1.54. The Labute approximate surface area is 219 Å². The molecular weight excluding hydrogens is 484 g/mol. The van der Waals surface area contributed by atoms with E-state index in [1.54, 1.807) is 12.1 Å². The average Bonchev–Trinajstić information content (AvgIpc) is 3.40. The van der Waals surface area contributed by atoms with E-state index >= 15 is 0 Å². The molecule has 8 heteroatoms. The third kappa shape index (κ3) is 3.55. The zero-order valence-corrected chi connectivity index (χ0v) is 23.5. The van der Waals surface area contributed by atoms with E-state index in [0.717, 1.165) is 0 Å². The number of aliphatic hydroxyl groups is 1.